The van der Waals surface area contributed by atoms with E-state index < -0.39 is 0 Å². The van der Waals surface area contributed by atoms with Crippen LogP contribution in [-0.2, 0) is 0 Å². The molecule has 2 aromatic heterocycles. The number of nitrogens with one attached hydrogen (secondary N) is 1. The third kappa shape index (κ3) is 4.80. The number of pyridine rings is 1. The van der Waals surface area contributed by atoms with E-state index in [2.05, 4.69) is 65.0 Å². The fourth-order valence-corrected chi connectivity index (χ4v) is 5.83. The number of ether oxygens (including phenoxy) is 2. The minimum absolute atomic E-state index is 0.117. The molecule has 200 valence electrons. The summed E-state index contributed by atoms with van der Waals surface area (Å²) in [7, 11) is 1.69. The molecule has 3 heterocycles. The Balaban J connectivity index is 1.42. The number of para-hydroxylation sites is 1. The van der Waals surface area contributed by atoms with Crippen molar-refractivity contribution in [3.8, 4) is 22.9 Å². The summed E-state index contributed by atoms with van der Waals surface area (Å²) in [4.78, 5) is 6.90. The Morgan fingerprint density at radius 3 is 2.23 bits per heavy atom. The predicted octanol–water partition coefficient (Wildman–Crippen LogP) is 7.47. The van der Waals surface area contributed by atoms with Gasteiger partial charge in [0.1, 0.15) is 17.2 Å². The fraction of sp³-hybridized carbons (Fsp3) is 0.152. The molecule has 0 bridgehead atoms. The van der Waals surface area contributed by atoms with E-state index in [0.29, 0.717) is 5.11 Å². The van der Waals surface area contributed by atoms with Gasteiger partial charge in [-0.3, -0.25) is 4.98 Å². The molecule has 0 amide bonds. The van der Waals surface area contributed by atoms with Crippen LogP contribution in [0, 0.1) is 13.8 Å². The molecule has 1 aliphatic heterocycles. The molecule has 3 aromatic carbocycles. The number of methoxy groups -OCH3 is 1. The van der Waals surface area contributed by atoms with Crippen LogP contribution in [0.15, 0.2) is 109 Å². The topological polar surface area (TPSA) is 51.5 Å². The second kappa shape index (κ2) is 10.9. The summed E-state index contributed by atoms with van der Waals surface area (Å²) >= 11 is 5.96. The van der Waals surface area contributed by atoms with Gasteiger partial charge in [-0.25, -0.2) is 0 Å². The van der Waals surface area contributed by atoms with Crippen molar-refractivity contribution in [2.24, 2.45) is 0 Å². The van der Waals surface area contributed by atoms with Crippen molar-refractivity contribution in [2.75, 3.05) is 12.0 Å². The number of aryl methyl sites for hydroxylation is 1. The van der Waals surface area contributed by atoms with E-state index in [-0.39, 0.29) is 12.1 Å². The van der Waals surface area contributed by atoms with Crippen molar-refractivity contribution in [1.29, 1.82) is 0 Å². The molecule has 0 radical (unpaired) electrons. The summed E-state index contributed by atoms with van der Waals surface area (Å²) in [6, 6.07) is 34.0. The largest absolute Gasteiger partial charge is 0.497 e. The van der Waals surface area contributed by atoms with Gasteiger partial charge in [0, 0.05) is 35.0 Å². The van der Waals surface area contributed by atoms with E-state index in [0.717, 1.165) is 45.7 Å². The van der Waals surface area contributed by atoms with E-state index in [1.807, 2.05) is 72.9 Å². The third-order valence-corrected chi connectivity index (χ3v) is 7.61. The molecule has 0 aliphatic carbocycles. The maximum atomic E-state index is 6.04. The van der Waals surface area contributed by atoms with E-state index in [1.54, 1.807) is 7.11 Å². The second-order valence-corrected chi connectivity index (χ2v) is 10.2. The Labute approximate surface area is 239 Å². The first-order chi connectivity index (χ1) is 19.5. The molecule has 5 aromatic rings. The molecule has 1 fully saturated rings. The maximum Gasteiger partial charge on any atom is 0.174 e. The van der Waals surface area contributed by atoms with Gasteiger partial charge in [0.05, 0.1) is 24.9 Å². The SMILES string of the molecule is COc1cccc(-n2c(C)cc([C@H]3[C@@H](c4ccccn4)NC(=S)N3c3ccc(Oc4ccccc4)cc3)c2C)c1. The van der Waals surface area contributed by atoms with Crippen molar-refractivity contribution in [3.63, 3.8) is 0 Å². The lowest BCUT2D eigenvalue weighted by Gasteiger charge is -2.28. The Hall–Kier alpha value is -4.62. The predicted molar refractivity (Wildman–Crippen MR) is 163 cm³/mol. The second-order valence-electron chi connectivity index (χ2n) is 9.77. The molecule has 0 saturated carbocycles. The monoisotopic (exact) mass is 546 g/mol. The van der Waals surface area contributed by atoms with Crippen molar-refractivity contribution in [3.05, 3.63) is 132 Å². The van der Waals surface area contributed by atoms with Crippen LogP contribution in [-0.4, -0.2) is 21.8 Å². The van der Waals surface area contributed by atoms with Crippen molar-refractivity contribution >= 4 is 23.0 Å². The third-order valence-electron chi connectivity index (χ3n) is 7.29. The smallest absolute Gasteiger partial charge is 0.174 e. The van der Waals surface area contributed by atoms with Crippen LogP contribution < -0.4 is 19.7 Å². The number of aromatic nitrogens is 2. The standard InChI is InChI=1S/C33H30N4O2S/c1-22-20-29(23(2)36(22)25-10-9-13-28(21-25)38-3)32-31(30-14-7-8-19-34-30)35-33(40)37(32)24-15-17-27(18-16-24)39-26-11-5-4-6-12-26/h4-21,31-32H,1-3H3,(H,35,40)/t31-,32+/m1/s1. The lowest BCUT2D eigenvalue weighted by Crippen LogP contribution is -2.29. The molecular weight excluding hydrogens is 516 g/mol. The molecule has 1 N–H and O–H groups in total. The Bertz CT molecular complexity index is 1630. The number of benzene rings is 3. The molecule has 7 heteroatoms. The fourth-order valence-electron chi connectivity index (χ4n) is 5.48. The molecule has 40 heavy (non-hydrogen) atoms. The van der Waals surface area contributed by atoms with Gasteiger partial charge in [-0.15, -0.1) is 0 Å². The van der Waals surface area contributed by atoms with Gasteiger partial charge < -0.3 is 24.3 Å². The van der Waals surface area contributed by atoms with E-state index >= 15 is 0 Å². The highest BCUT2D eigenvalue weighted by Crippen LogP contribution is 2.44. The van der Waals surface area contributed by atoms with Gasteiger partial charge >= 0.3 is 0 Å². The number of hydrogen-bond acceptors (Lipinski definition) is 4. The highest BCUT2D eigenvalue weighted by molar-refractivity contribution is 7.80. The summed E-state index contributed by atoms with van der Waals surface area (Å²) in [5.74, 6) is 2.38. The summed E-state index contributed by atoms with van der Waals surface area (Å²) in [6.45, 7) is 4.29. The van der Waals surface area contributed by atoms with Crippen LogP contribution in [0.3, 0.4) is 0 Å². The first-order valence-electron chi connectivity index (χ1n) is 13.2. The molecule has 2 atom stereocenters. The molecule has 0 spiro atoms. The zero-order valence-electron chi connectivity index (χ0n) is 22.6. The van der Waals surface area contributed by atoms with Gasteiger partial charge in [0.25, 0.3) is 0 Å². The average molecular weight is 547 g/mol. The van der Waals surface area contributed by atoms with Gasteiger partial charge in [0.15, 0.2) is 5.11 Å². The summed E-state index contributed by atoms with van der Waals surface area (Å²) in [5, 5.41) is 4.23. The lowest BCUT2D eigenvalue weighted by molar-refractivity contribution is 0.414. The number of nitrogens with zero attached hydrogens (tertiary/aromatic N) is 3. The van der Waals surface area contributed by atoms with Gasteiger partial charge in [-0.2, -0.15) is 0 Å². The minimum Gasteiger partial charge on any atom is -0.497 e. The van der Waals surface area contributed by atoms with E-state index in [1.165, 1.54) is 5.56 Å². The van der Waals surface area contributed by atoms with Crippen molar-refractivity contribution in [2.45, 2.75) is 25.9 Å². The van der Waals surface area contributed by atoms with Gasteiger partial charge in [-0.1, -0.05) is 30.3 Å². The van der Waals surface area contributed by atoms with Crippen molar-refractivity contribution in [1.82, 2.24) is 14.9 Å². The first kappa shape index (κ1) is 25.6. The summed E-state index contributed by atoms with van der Waals surface area (Å²) in [5.41, 5.74) is 6.41. The Morgan fingerprint density at radius 2 is 1.50 bits per heavy atom. The van der Waals surface area contributed by atoms with Crippen molar-refractivity contribution < 1.29 is 9.47 Å². The van der Waals surface area contributed by atoms with E-state index in [4.69, 9.17) is 26.7 Å². The number of hydrogen-bond donors (Lipinski definition) is 1. The average Bonchev–Trinajstić information content (AvgIpc) is 3.49. The summed E-state index contributed by atoms with van der Waals surface area (Å²) in [6.07, 6.45) is 1.83. The first-order valence-corrected chi connectivity index (χ1v) is 13.6. The highest BCUT2D eigenvalue weighted by atomic mass is 32.1. The number of rotatable bonds is 7. The molecule has 1 saturated heterocycles. The normalized spacial score (nSPS) is 16.6. The maximum absolute atomic E-state index is 6.04. The van der Waals surface area contributed by atoms with Gasteiger partial charge in [-0.05, 0) is 98.4 Å². The van der Waals surface area contributed by atoms with E-state index in [9.17, 15) is 0 Å². The zero-order valence-corrected chi connectivity index (χ0v) is 23.4. The molecule has 0 unspecified atom stereocenters. The highest BCUT2D eigenvalue weighted by Gasteiger charge is 2.42. The van der Waals surface area contributed by atoms with Crippen LogP contribution in [0.25, 0.3) is 5.69 Å². The Morgan fingerprint density at radius 1 is 0.775 bits per heavy atom. The summed E-state index contributed by atoms with van der Waals surface area (Å²) < 4.78 is 13.8. The minimum atomic E-state index is -0.131. The Kier molecular flexibility index (Phi) is 6.97. The van der Waals surface area contributed by atoms with Gasteiger partial charge in [0.2, 0.25) is 0 Å². The molecular formula is C33H30N4O2S. The van der Waals surface area contributed by atoms with Crippen LogP contribution in [0.2, 0.25) is 0 Å². The van der Waals surface area contributed by atoms with Crippen LogP contribution >= 0.6 is 12.2 Å². The van der Waals surface area contributed by atoms with Crippen LogP contribution in [0.1, 0.15) is 34.7 Å². The number of anilines is 1. The lowest BCUT2D eigenvalue weighted by atomic mass is 9.96. The van der Waals surface area contributed by atoms with Crippen LogP contribution in [0.4, 0.5) is 5.69 Å². The molecule has 6 rings (SSSR count). The zero-order chi connectivity index (χ0) is 27.6. The molecule has 1 aliphatic rings. The molecule has 6 nitrogen and oxygen atoms in total. The van der Waals surface area contributed by atoms with Crippen LogP contribution in [0.5, 0.6) is 17.2 Å². The quantitative estimate of drug-likeness (QED) is 0.214. The number of thiocarbonyl (C=S) groups is 1.